The molecular formula is C21H21N7O2. The van der Waals surface area contributed by atoms with E-state index in [1.54, 1.807) is 47.0 Å². The number of rotatable bonds is 4. The fourth-order valence-corrected chi connectivity index (χ4v) is 4.05. The number of nitrogens with zero attached hydrogens (tertiary/aromatic N) is 7. The van der Waals surface area contributed by atoms with Crippen molar-refractivity contribution in [2.45, 2.75) is 25.4 Å². The van der Waals surface area contributed by atoms with Crippen LogP contribution in [0, 0.1) is 0 Å². The average molecular weight is 403 g/mol. The van der Waals surface area contributed by atoms with Gasteiger partial charge in [-0.2, -0.15) is 5.10 Å². The van der Waals surface area contributed by atoms with Gasteiger partial charge in [0.15, 0.2) is 5.82 Å². The van der Waals surface area contributed by atoms with Crippen molar-refractivity contribution in [1.29, 1.82) is 0 Å². The van der Waals surface area contributed by atoms with Crippen LogP contribution in [0.25, 0.3) is 16.7 Å². The van der Waals surface area contributed by atoms with E-state index >= 15 is 0 Å². The summed E-state index contributed by atoms with van der Waals surface area (Å²) in [4.78, 5) is 36.2. The van der Waals surface area contributed by atoms with Gasteiger partial charge in [-0.15, -0.1) is 0 Å². The lowest BCUT2D eigenvalue weighted by Gasteiger charge is -2.27. The first-order chi connectivity index (χ1) is 14.6. The highest BCUT2D eigenvalue weighted by atomic mass is 16.1. The SMILES string of the molecule is Cn1c(N2CCCC2Cn2nc(-n3ccnc3)ccc2=O)nc2ccccc2c1=O. The summed E-state index contributed by atoms with van der Waals surface area (Å²) < 4.78 is 4.84. The molecule has 4 heterocycles. The van der Waals surface area contributed by atoms with Crippen LogP contribution >= 0.6 is 0 Å². The van der Waals surface area contributed by atoms with Gasteiger partial charge in [0.05, 0.1) is 23.5 Å². The predicted molar refractivity (Wildman–Crippen MR) is 113 cm³/mol. The van der Waals surface area contributed by atoms with Crippen LogP contribution in [0.4, 0.5) is 5.95 Å². The molecule has 0 aliphatic carbocycles. The maximum absolute atomic E-state index is 12.8. The monoisotopic (exact) mass is 403 g/mol. The Morgan fingerprint density at radius 1 is 1.13 bits per heavy atom. The third kappa shape index (κ3) is 3.08. The van der Waals surface area contributed by atoms with Crippen molar-refractivity contribution in [2.24, 2.45) is 7.05 Å². The Balaban J connectivity index is 1.51. The zero-order valence-corrected chi connectivity index (χ0v) is 16.5. The van der Waals surface area contributed by atoms with Gasteiger partial charge in [0.1, 0.15) is 6.33 Å². The standard InChI is InChI=1S/C21H21N7O2/c1-25-20(30)16-6-2-3-7-17(16)23-21(25)27-11-4-5-15(27)13-28-19(29)9-8-18(24-28)26-12-10-22-14-26/h2-3,6-10,12,14-15H,4-5,11,13H2,1H3. The second-order valence-corrected chi connectivity index (χ2v) is 7.46. The van der Waals surface area contributed by atoms with Gasteiger partial charge in [-0.1, -0.05) is 12.1 Å². The van der Waals surface area contributed by atoms with Crippen LogP contribution in [0.1, 0.15) is 12.8 Å². The summed E-state index contributed by atoms with van der Waals surface area (Å²) in [5.74, 6) is 1.26. The second kappa shape index (κ2) is 7.25. The summed E-state index contributed by atoms with van der Waals surface area (Å²) in [6, 6.07) is 10.6. The Kier molecular flexibility index (Phi) is 4.42. The first-order valence-electron chi connectivity index (χ1n) is 9.91. The molecule has 1 atom stereocenters. The molecule has 5 rings (SSSR count). The van der Waals surface area contributed by atoms with Crippen LogP contribution in [0.2, 0.25) is 0 Å². The largest absolute Gasteiger partial charge is 0.337 e. The van der Waals surface area contributed by atoms with Gasteiger partial charge in [-0.25, -0.2) is 14.6 Å². The van der Waals surface area contributed by atoms with E-state index in [9.17, 15) is 9.59 Å². The molecule has 30 heavy (non-hydrogen) atoms. The quantitative estimate of drug-likeness (QED) is 0.511. The molecule has 4 aromatic rings. The maximum atomic E-state index is 12.8. The van der Waals surface area contributed by atoms with Crippen molar-refractivity contribution in [2.75, 3.05) is 11.4 Å². The minimum atomic E-state index is -0.161. The highest BCUT2D eigenvalue weighted by molar-refractivity contribution is 5.78. The highest BCUT2D eigenvalue weighted by Crippen LogP contribution is 2.25. The number of para-hydroxylation sites is 1. The second-order valence-electron chi connectivity index (χ2n) is 7.46. The summed E-state index contributed by atoms with van der Waals surface area (Å²) in [5, 5.41) is 5.11. The van der Waals surface area contributed by atoms with Gasteiger partial charge >= 0.3 is 0 Å². The highest BCUT2D eigenvalue weighted by Gasteiger charge is 2.29. The topological polar surface area (TPSA) is 90.8 Å². The molecule has 1 aliphatic heterocycles. The molecule has 0 saturated carbocycles. The number of anilines is 1. The van der Waals surface area contributed by atoms with E-state index < -0.39 is 0 Å². The zero-order chi connectivity index (χ0) is 20.7. The number of fused-ring (bicyclic) bond motifs is 1. The van der Waals surface area contributed by atoms with Gasteiger partial charge in [-0.3, -0.25) is 18.7 Å². The van der Waals surface area contributed by atoms with Crippen molar-refractivity contribution in [3.05, 3.63) is 75.8 Å². The van der Waals surface area contributed by atoms with Gasteiger partial charge in [0.25, 0.3) is 11.1 Å². The number of hydrogen-bond donors (Lipinski definition) is 0. The zero-order valence-electron chi connectivity index (χ0n) is 16.5. The minimum absolute atomic E-state index is 0.0208. The molecule has 152 valence electrons. The molecule has 0 radical (unpaired) electrons. The molecule has 9 heteroatoms. The van der Waals surface area contributed by atoms with Gasteiger partial charge in [0.2, 0.25) is 5.95 Å². The first kappa shape index (κ1) is 18.3. The lowest BCUT2D eigenvalue weighted by atomic mass is 10.2. The number of imidazole rings is 1. The van der Waals surface area contributed by atoms with Crippen LogP contribution in [0.5, 0.6) is 0 Å². The van der Waals surface area contributed by atoms with E-state index in [2.05, 4.69) is 15.0 Å². The molecule has 0 spiro atoms. The average Bonchev–Trinajstić information content (AvgIpc) is 3.45. The van der Waals surface area contributed by atoms with Gasteiger partial charge < -0.3 is 4.90 Å². The van der Waals surface area contributed by atoms with Gasteiger partial charge in [0, 0.05) is 32.1 Å². The maximum Gasteiger partial charge on any atom is 0.266 e. The van der Waals surface area contributed by atoms with Crippen LogP contribution < -0.4 is 16.0 Å². The number of hydrogen-bond acceptors (Lipinski definition) is 6. The molecule has 0 amide bonds. The number of aromatic nitrogens is 6. The summed E-state index contributed by atoms with van der Waals surface area (Å²) in [6.07, 6.45) is 6.96. The lowest BCUT2D eigenvalue weighted by molar-refractivity contribution is 0.479. The van der Waals surface area contributed by atoms with E-state index in [0.29, 0.717) is 29.2 Å². The van der Waals surface area contributed by atoms with E-state index in [1.165, 1.54) is 10.7 Å². The molecular weight excluding hydrogens is 382 g/mol. The third-order valence-electron chi connectivity index (χ3n) is 5.60. The molecule has 0 N–H and O–H groups in total. The molecule has 1 aliphatic rings. The first-order valence-corrected chi connectivity index (χ1v) is 9.91. The van der Waals surface area contributed by atoms with E-state index in [0.717, 1.165) is 19.4 Å². The third-order valence-corrected chi connectivity index (χ3v) is 5.60. The summed E-state index contributed by atoms with van der Waals surface area (Å²) >= 11 is 0. The minimum Gasteiger partial charge on any atom is -0.337 e. The summed E-state index contributed by atoms with van der Waals surface area (Å²) in [6.45, 7) is 1.20. The van der Waals surface area contributed by atoms with Crippen molar-refractivity contribution in [3.8, 4) is 5.82 Å². The molecule has 9 nitrogen and oxygen atoms in total. The van der Waals surface area contributed by atoms with E-state index in [1.807, 2.05) is 18.2 Å². The Morgan fingerprint density at radius 2 is 2.00 bits per heavy atom. The molecule has 1 unspecified atom stereocenters. The smallest absolute Gasteiger partial charge is 0.266 e. The molecule has 1 fully saturated rings. The Labute approximate surface area is 171 Å². The van der Waals surface area contributed by atoms with Gasteiger partial charge in [-0.05, 0) is 31.0 Å². The molecule has 1 aromatic carbocycles. The van der Waals surface area contributed by atoms with Crippen molar-refractivity contribution < 1.29 is 0 Å². The van der Waals surface area contributed by atoms with Crippen LogP contribution in [-0.4, -0.2) is 41.5 Å². The molecule has 1 saturated heterocycles. The van der Waals surface area contributed by atoms with Crippen LogP contribution in [0.3, 0.4) is 0 Å². The summed E-state index contributed by atoms with van der Waals surface area (Å²) in [7, 11) is 1.75. The predicted octanol–water partition coefficient (Wildman–Crippen LogP) is 1.34. The Bertz CT molecular complexity index is 1320. The van der Waals surface area contributed by atoms with Crippen LogP contribution in [-0.2, 0) is 13.6 Å². The molecule has 0 bridgehead atoms. The summed E-state index contributed by atoms with van der Waals surface area (Å²) in [5.41, 5.74) is 0.448. The van der Waals surface area contributed by atoms with Crippen molar-refractivity contribution >= 4 is 16.9 Å². The Hall–Kier alpha value is -3.75. The normalized spacial score (nSPS) is 16.4. The number of benzene rings is 1. The van der Waals surface area contributed by atoms with Crippen molar-refractivity contribution in [3.63, 3.8) is 0 Å². The Morgan fingerprint density at radius 3 is 2.83 bits per heavy atom. The fourth-order valence-electron chi connectivity index (χ4n) is 4.05. The fraction of sp³-hybridized carbons (Fsp3) is 0.286. The van der Waals surface area contributed by atoms with Crippen molar-refractivity contribution in [1.82, 2.24) is 28.9 Å². The van der Waals surface area contributed by atoms with Crippen LogP contribution in [0.15, 0.2) is 64.7 Å². The lowest BCUT2D eigenvalue weighted by Crippen LogP contribution is -2.40. The van der Waals surface area contributed by atoms with E-state index in [-0.39, 0.29) is 17.2 Å². The van der Waals surface area contributed by atoms with E-state index in [4.69, 9.17) is 4.98 Å². The molecule has 3 aromatic heterocycles.